The van der Waals surface area contributed by atoms with Crippen molar-refractivity contribution in [2.75, 3.05) is 26.7 Å². The Morgan fingerprint density at radius 3 is 3.07 bits per heavy atom. The van der Waals surface area contributed by atoms with Crippen molar-refractivity contribution in [1.82, 2.24) is 24.8 Å². The first-order valence-corrected chi connectivity index (χ1v) is 9.72. The molecule has 0 aromatic carbocycles. The van der Waals surface area contributed by atoms with Gasteiger partial charge in [0.1, 0.15) is 5.56 Å². The number of H-pyrrole nitrogens is 1. The Kier molecular flexibility index (Phi) is 5.27. The molecule has 2 saturated heterocycles. The molecule has 148 valence electrons. The minimum atomic E-state index is -0.0516. The molecule has 0 bridgehead atoms. The van der Waals surface area contributed by atoms with Crippen LogP contribution in [0.4, 0.5) is 0 Å². The number of nitrogens with one attached hydrogen (secondary N) is 1. The van der Waals surface area contributed by atoms with Crippen molar-refractivity contribution in [3.8, 4) is 5.88 Å². The van der Waals surface area contributed by atoms with Crippen molar-refractivity contribution in [3.05, 3.63) is 42.1 Å². The van der Waals surface area contributed by atoms with Crippen LogP contribution in [0.1, 0.15) is 35.3 Å². The van der Waals surface area contributed by atoms with Gasteiger partial charge in [0, 0.05) is 56.6 Å². The Balaban J connectivity index is 1.44. The van der Waals surface area contributed by atoms with Crippen LogP contribution in [0.2, 0.25) is 0 Å². The van der Waals surface area contributed by atoms with Crippen molar-refractivity contribution in [3.63, 3.8) is 0 Å². The number of ether oxygens (including phenoxy) is 1. The number of fused-ring (bicyclic) bond motifs is 1. The molecule has 2 atom stereocenters. The van der Waals surface area contributed by atoms with E-state index in [0.717, 1.165) is 25.0 Å². The van der Waals surface area contributed by atoms with E-state index in [9.17, 15) is 9.59 Å². The molecule has 2 aliphatic heterocycles. The highest BCUT2D eigenvalue weighted by atomic mass is 16.5. The van der Waals surface area contributed by atoms with Crippen molar-refractivity contribution in [1.29, 1.82) is 0 Å². The van der Waals surface area contributed by atoms with Gasteiger partial charge in [0.05, 0.1) is 13.4 Å². The van der Waals surface area contributed by atoms with Gasteiger partial charge in [-0.15, -0.1) is 0 Å². The summed E-state index contributed by atoms with van der Waals surface area (Å²) in [6.07, 6.45) is 8.02. The second kappa shape index (κ2) is 8.00. The molecule has 0 radical (unpaired) electrons. The number of hydrogen-bond acceptors (Lipinski definition) is 5. The number of imidazole rings is 1. The maximum absolute atomic E-state index is 13.0. The number of aromatic nitrogens is 3. The van der Waals surface area contributed by atoms with E-state index in [-0.39, 0.29) is 17.9 Å². The SMILES string of the molecule is COc1ncccc1C(=O)N1CC[C@@H]2[C@@H](CCC(=O)N2CCc2cnc[nH]2)C1. The number of likely N-dealkylation sites (tertiary alicyclic amines) is 2. The van der Waals surface area contributed by atoms with E-state index in [0.29, 0.717) is 43.4 Å². The van der Waals surface area contributed by atoms with Crippen LogP contribution in [0.25, 0.3) is 0 Å². The van der Waals surface area contributed by atoms with Crippen LogP contribution in [0.15, 0.2) is 30.9 Å². The van der Waals surface area contributed by atoms with Crippen molar-refractivity contribution in [2.45, 2.75) is 31.7 Å². The lowest BCUT2D eigenvalue weighted by atomic mass is 9.83. The van der Waals surface area contributed by atoms with E-state index in [1.54, 1.807) is 30.9 Å². The van der Waals surface area contributed by atoms with E-state index >= 15 is 0 Å². The fourth-order valence-electron chi connectivity index (χ4n) is 4.38. The summed E-state index contributed by atoms with van der Waals surface area (Å²) in [5, 5.41) is 0. The molecule has 2 aromatic rings. The maximum Gasteiger partial charge on any atom is 0.259 e. The lowest BCUT2D eigenvalue weighted by Gasteiger charge is -2.47. The molecule has 28 heavy (non-hydrogen) atoms. The fourth-order valence-corrected chi connectivity index (χ4v) is 4.38. The Morgan fingerprint density at radius 2 is 2.29 bits per heavy atom. The molecule has 2 aliphatic rings. The Morgan fingerprint density at radius 1 is 1.39 bits per heavy atom. The van der Waals surface area contributed by atoms with Crippen LogP contribution in [-0.4, -0.2) is 69.4 Å². The van der Waals surface area contributed by atoms with E-state index in [1.165, 1.54) is 7.11 Å². The molecule has 0 aliphatic carbocycles. The summed E-state index contributed by atoms with van der Waals surface area (Å²) in [7, 11) is 1.52. The van der Waals surface area contributed by atoms with E-state index in [1.807, 2.05) is 9.80 Å². The topological polar surface area (TPSA) is 91.4 Å². The number of hydrogen-bond donors (Lipinski definition) is 1. The highest BCUT2D eigenvalue weighted by Gasteiger charge is 2.40. The van der Waals surface area contributed by atoms with Crippen LogP contribution in [0.5, 0.6) is 5.88 Å². The molecule has 4 heterocycles. The van der Waals surface area contributed by atoms with Crippen LogP contribution in [0, 0.1) is 5.92 Å². The molecule has 0 spiro atoms. The summed E-state index contributed by atoms with van der Waals surface area (Å²) in [6.45, 7) is 1.98. The number of piperidine rings is 2. The molecule has 2 aromatic heterocycles. The van der Waals surface area contributed by atoms with Gasteiger partial charge in [0.2, 0.25) is 11.8 Å². The number of methoxy groups -OCH3 is 1. The number of nitrogens with zero attached hydrogens (tertiary/aromatic N) is 4. The minimum absolute atomic E-state index is 0.0516. The third kappa shape index (κ3) is 3.58. The molecule has 2 fully saturated rings. The van der Waals surface area contributed by atoms with Gasteiger partial charge in [-0.25, -0.2) is 9.97 Å². The van der Waals surface area contributed by atoms with Crippen LogP contribution in [0.3, 0.4) is 0 Å². The predicted octanol–water partition coefficient (Wildman–Crippen LogP) is 1.51. The third-order valence-electron chi connectivity index (χ3n) is 5.80. The maximum atomic E-state index is 13.0. The monoisotopic (exact) mass is 383 g/mol. The number of carbonyl (C=O) groups excluding carboxylic acids is 2. The normalized spacial score (nSPS) is 22.1. The summed E-state index contributed by atoms with van der Waals surface area (Å²) in [5.74, 6) is 0.827. The molecular formula is C20H25N5O3. The first-order valence-electron chi connectivity index (χ1n) is 9.72. The summed E-state index contributed by atoms with van der Waals surface area (Å²) >= 11 is 0. The Bertz CT molecular complexity index is 838. The molecular weight excluding hydrogens is 358 g/mol. The highest BCUT2D eigenvalue weighted by Crippen LogP contribution is 2.32. The van der Waals surface area contributed by atoms with Gasteiger partial charge in [-0.3, -0.25) is 9.59 Å². The molecule has 4 rings (SSSR count). The van der Waals surface area contributed by atoms with E-state index < -0.39 is 0 Å². The zero-order valence-electron chi connectivity index (χ0n) is 16.0. The summed E-state index contributed by atoms with van der Waals surface area (Å²) in [6, 6.07) is 3.70. The second-order valence-corrected chi connectivity index (χ2v) is 7.38. The van der Waals surface area contributed by atoms with Gasteiger partial charge < -0.3 is 19.5 Å². The first-order chi connectivity index (χ1) is 13.7. The van der Waals surface area contributed by atoms with Gasteiger partial charge >= 0.3 is 0 Å². The molecule has 0 unspecified atom stereocenters. The average Bonchev–Trinajstić information content (AvgIpc) is 3.25. The van der Waals surface area contributed by atoms with E-state index in [2.05, 4.69) is 15.0 Å². The molecule has 8 heteroatoms. The first kappa shape index (κ1) is 18.5. The molecule has 0 saturated carbocycles. The number of rotatable bonds is 5. The number of pyridine rings is 1. The van der Waals surface area contributed by atoms with Crippen LogP contribution >= 0.6 is 0 Å². The summed E-state index contributed by atoms with van der Waals surface area (Å²) in [5.41, 5.74) is 1.53. The Hall–Kier alpha value is -2.90. The van der Waals surface area contributed by atoms with Gasteiger partial charge in [-0.2, -0.15) is 0 Å². The average molecular weight is 383 g/mol. The smallest absolute Gasteiger partial charge is 0.259 e. The Labute approximate surface area is 163 Å². The van der Waals surface area contributed by atoms with Gasteiger partial charge in [-0.05, 0) is 30.9 Å². The minimum Gasteiger partial charge on any atom is -0.480 e. The largest absolute Gasteiger partial charge is 0.480 e. The van der Waals surface area contributed by atoms with Gasteiger partial charge in [-0.1, -0.05) is 0 Å². The zero-order chi connectivity index (χ0) is 19.5. The van der Waals surface area contributed by atoms with Crippen LogP contribution in [-0.2, 0) is 11.2 Å². The molecule has 8 nitrogen and oxygen atoms in total. The second-order valence-electron chi connectivity index (χ2n) is 7.38. The highest BCUT2D eigenvalue weighted by molar-refractivity contribution is 5.96. The van der Waals surface area contributed by atoms with Crippen molar-refractivity contribution >= 4 is 11.8 Å². The third-order valence-corrected chi connectivity index (χ3v) is 5.80. The van der Waals surface area contributed by atoms with Gasteiger partial charge in [0.15, 0.2) is 0 Å². The predicted molar refractivity (Wildman–Crippen MR) is 102 cm³/mol. The number of carbonyl (C=O) groups is 2. The number of aromatic amines is 1. The number of amides is 2. The lowest BCUT2D eigenvalue weighted by molar-refractivity contribution is -0.140. The van der Waals surface area contributed by atoms with E-state index in [4.69, 9.17) is 4.74 Å². The van der Waals surface area contributed by atoms with Crippen LogP contribution < -0.4 is 4.74 Å². The summed E-state index contributed by atoms with van der Waals surface area (Å²) in [4.78, 5) is 40.7. The summed E-state index contributed by atoms with van der Waals surface area (Å²) < 4.78 is 5.24. The molecule has 1 N–H and O–H groups in total. The zero-order valence-corrected chi connectivity index (χ0v) is 16.0. The van der Waals surface area contributed by atoms with Crippen molar-refractivity contribution in [2.24, 2.45) is 5.92 Å². The van der Waals surface area contributed by atoms with Gasteiger partial charge in [0.25, 0.3) is 5.91 Å². The fraction of sp³-hybridized carbons (Fsp3) is 0.500. The standard InChI is InChI=1S/C20H25N5O3/c1-28-19-16(3-2-8-22-19)20(27)24-9-7-17-14(12-24)4-5-18(26)25(17)10-6-15-11-21-13-23-15/h2-3,8,11,13-14,17H,4-7,9-10,12H2,1H3,(H,21,23)/t14-,17+/m0/s1. The molecule has 2 amide bonds. The lowest BCUT2D eigenvalue weighted by Crippen LogP contribution is -2.57. The quantitative estimate of drug-likeness (QED) is 0.845. The van der Waals surface area contributed by atoms with Crippen molar-refractivity contribution < 1.29 is 14.3 Å².